The Morgan fingerprint density at radius 2 is 2.12 bits per heavy atom. The van der Waals surface area contributed by atoms with E-state index in [1.54, 1.807) is 11.3 Å². The highest BCUT2D eigenvalue weighted by Gasteiger charge is 2.30. The van der Waals surface area contributed by atoms with E-state index in [2.05, 4.69) is 4.90 Å². The van der Waals surface area contributed by atoms with E-state index in [0.717, 1.165) is 65.0 Å². The predicted molar refractivity (Wildman–Crippen MR) is 97.1 cm³/mol. The first kappa shape index (κ1) is 16.1. The van der Waals surface area contributed by atoms with Gasteiger partial charge in [-0.1, -0.05) is 22.9 Å². The minimum atomic E-state index is -0.219. The number of fused-ring (bicyclic) bond motifs is 1. The van der Waals surface area contributed by atoms with Crippen LogP contribution in [-0.4, -0.2) is 54.7 Å². The van der Waals surface area contributed by atoms with E-state index in [4.69, 9.17) is 21.3 Å². The molecule has 2 aliphatic rings. The standard InChI is InChI=1S/C17H20ClN3O2S/c1-11-12(18)4-5-14-15(11)19-17(24-14)21-8-6-20(7-9-21)16(22)13-3-2-10-23-13/h4-5,13H,2-3,6-10H2,1H3. The van der Waals surface area contributed by atoms with Gasteiger partial charge in [-0.25, -0.2) is 4.98 Å². The van der Waals surface area contributed by atoms with Crippen molar-refractivity contribution in [2.45, 2.75) is 25.9 Å². The number of anilines is 1. The molecule has 2 aromatic rings. The smallest absolute Gasteiger partial charge is 0.251 e. The normalized spacial score (nSPS) is 21.7. The monoisotopic (exact) mass is 365 g/mol. The van der Waals surface area contributed by atoms with Gasteiger partial charge >= 0.3 is 0 Å². The summed E-state index contributed by atoms with van der Waals surface area (Å²) in [7, 11) is 0. The van der Waals surface area contributed by atoms with Crippen LogP contribution >= 0.6 is 22.9 Å². The molecule has 128 valence electrons. The minimum Gasteiger partial charge on any atom is -0.368 e. The Morgan fingerprint density at radius 1 is 1.33 bits per heavy atom. The third-order valence-corrected chi connectivity index (χ3v) is 6.29. The van der Waals surface area contributed by atoms with Crippen molar-refractivity contribution in [3.63, 3.8) is 0 Å². The Kier molecular flexibility index (Phi) is 4.37. The van der Waals surface area contributed by atoms with E-state index in [0.29, 0.717) is 6.61 Å². The van der Waals surface area contributed by atoms with Crippen LogP contribution in [0.25, 0.3) is 10.2 Å². The molecule has 24 heavy (non-hydrogen) atoms. The van der Waals surface area contributed by atoms with Crippen LogP contribution in [0.4, 0.5) is 5.13 Å². The van der Waals surface area contributed by atoms with E-state index in [1.165, 1.54) is 0 Å². The van der Waals surface area contributed by atoms with Crippen LogP contribution in [0.5, 0.6) is 0 Å². The zero-order chi connectivity index (χ0) is 16.7. The minimum absolute atomic E-state index is 0.152. The molecule has 5 nitrogen and oxygen atoms in total. The molecule has 2 aliphatic heterocycles. The van der Waals surface area contributed by atoms with Crippen LogP contribution in [0.15, 0.2) is 12.1 Å². The van der Waals surface area contributed by atoms with Gasteiger partial charge in [-0.3, -0.25) is 4.79 Å². The van der Waals surface area contributed by atoms with Crippen molar-refractivity contribution in [3.8, 4) is 0 Å². The van der Waals surface area contributed by atoms with E-state index in [1.807, 2.05) is 24.0 Å². The molecule has 1 aromatic heterocycles. The topological polar surface area (TPSA) is 45.7 Å². The van der Waals surface area contributed by atoms with Crippen molar-refractivity contribution in [2.24, 2.45) is 0 Å². The van der Waals surface area contributed by atoms with Gasteiger partial charge in [-0.05, 0) is 37.5 Å². The van der Waals surface area contributed by atoms with Gasteiger partial charge in [0.2, 0.25) is 0 Å². The first-order valence-electron chi connectivity index (χ1n) is 8.34. The number of thiazole rings is 1. The number of aromatic nitrogens is 1. The number of amides is 1. The van der Waals surface area contributed by atoms with Gasteiger partial charge in [-0.2, -0.15) is 0 Å². The molecule has 1 amide bonds. The van der Waals surface area contributed by atoms with Crippen LogP contribution in [0.3, 0.4) is 0 Å². The van der Waals surface area contributed by atoms with Gasteiger partial charge in [-0.15, -0.1) is 0 Å². The summed E-state index contributed by atoms with van der Waals surface area (Å²) in [4.78, 5) is 21.4. The first-order valence-corrected chi connectivity index (χ1v) is 9.54. The Bertz CT molecular complexity index is 765. The van der Waals surface area contributed by atoms with Gasteiger partial charge in [0.25, 0.3) is 5.91 Å². The van der Waals surface area contributed by atoms with Crippen molar-refractivity contribution in [1.29, 1.82) is 0 Å². The highest BCUT2D eigenvalue weighted by Crippen LogP contribution is 2.33. The number of hydrogen-bond acceptors (Lipinski definition) is 5. The summed E-state index contributed by atoms with van der Waals surface area (Å²) in [6.45, 7) is 5.80. The molecule has 1 atom stereocenters. The number of carbonyl (C=O) groups is 1. The number of halogens is 1. The van der Waals surface area contributed by atoms with Crippen LogP contribution in [0.2, 0.25) is 5.02 Å². The number of rotatable bonds is 2. The molecule has 0 spiro atoms. The van der Waals surface area contributed by atoms with Gasteiger partial charge in [0.1, 0.15) is 6.10 Å². The number of benzene rings is 1. The fourth-order valence-corrected chi connectivity index (χ4v) is 4.55. The van der Waals surface area contributed by atoms with Gasteiger partial charge in [0.05, 0.1) is 10.2 Å². The van der Waals surface area contributed by atoms with E-state index >= 15 is 0 Å². The maximum Gasteiger partial charge on any atom is 0.251 e. The number of piperazine rings is 1. The highest BCUT2D eigenvalue weighted by atomic mass is 35.5. The van der Waals surface area contributed by atoms with Crippen LogP contribution < -0.4 is 4.90 Å². The van der Waals surface area contributed by atoms with Gasteiger partial charge in [0.15, 0.2) is 5.13 Å². The second-order valence-electron chi connectivity index (χ2n) is 6.33. The molecule has 1 unspecified atom stereocenters. The molecule has 0 radical (unpaired) electrons. The Labute approximate surface area is 150 Å². The zero-order valence-electron chi connectivity index (χ0n) is 13.6. The van der Waals surface area contributed by atoms with Crippen molar-refractivity contribution in [2.75, 3.05) is 37.7 Å². The van der Waals surface area contributed by atoms with E-state index in [9.17, 15) is 4.79 Å². The lowest BCUT2D eigenvalue weighted by atomic mass is 10.2. The number of ether oxygens (including phenoxy) is 1. The molecule has 3 heterocycles. The predicted octanol–water partition coefficient (Wildman–Crippen LogP) is 3.09. The largest absolute Gasteiger partial charge is 0.368 e. The molecule has 4 rings (SSSR count). The molecule has 2 fully saturated rings. The molecule has 7 heteroatoms. The molecular formula is C17H20ClN3O2S. The highest BCUT2D eigenvalue weighted by molar-refractivity contribution is 7.22. The SMILES string of the molecule is Cc1c(Cl)ccc2sc(N3CCN(C(=O)C4CCCO4)CC3)nc12. The second kappa shape index (κ2) is 6.50. The molecule has 0 saturated carbocycles. The average molecular weight is 366 g/mol. The van der Waals surface area contributed by atoms with Gasteiger partial charge < -0.3 is 14.5 Å². The maximum absolute atomic E-state index is 12.4. The lowest BCUT2D eigenvalue weighted by Crippen LogP contribution is -2.51. The summed E-state index contributed by atoms with van der Waals surface area (Å²) < 4.78 is 6.67. The fourth-order valence-electron chi connectivity index (χ4n) is 3.32. The summed E-state index contributed by atoms with van der Waals surface area (Å²) in [6.07, 6.45) is 1.63. The zero-order valence-corrected chi connectivity index (χ0v) is 15.2. The fraction of sp³-hybridized carbons (Fsp3) is 0.529. The van der Waals surface area contributed by atoms with Crippen LogP contribution in [0, 0.1) is 6.92 Å². The summed E-state index contributed by atoms with van der Waals surface area (Å²) in [6, 6.07) is 3.96. The molecular weight excluding hydrogens is 346 g/mol. The van der Waals surface area contributed by atoms with Crippen LogP contribution in [-0.2, 0) is 9.53 Å². The van der Waals surface area contributed by atoms with Crippen molar-refractivity contribution < 1.29 is 9.53 Å². The molecule has 2 saturated heterocycles. The third kappa shape index (κ3) is 2.87. The molecule has 0 N–H and O–H groups in total. The number of hydrogen-bond donors (Lipinski definition) is 0. The second-order valence-corrected chi connectivity index (χ2v) is 7.75. The third-order valence-electron chi connectivity index (χ3n) is 4.80. The molecule has 1 aromatic carbocycles. The van der Waals surface area contributed by atoms with Crippen molar-refractivity contribution in [3.05, 3.63) is 22.7 Å². The summed E-state index contributed by atoms with van der Waals surface area (Å²) in [5.41, 5.74) is 2.02. The summed E-state index contributed by atoms with van der Waals surface area (Å²) in [5.74, 6) is 0.152. The summed E-state index contributed by atoms with van der Waals surface area (Å²) in [5, 5.41) is 1.77. The lowest BCUT2D eigenvalue weighted by molar-refractivity contribution is -0.141. The number of nitrogens with zero attached hydrogens (tertiary/aromatic N) is 3. The summed E-state index contributed by atoms with van der Waals surface area (Å²) >= 11 is 7.88. The van der Waals surface area contributed by atoms with Gasteiger partial charge in [0, 0.05) is 37.8 Å². The quantitative estimate of drug-likeness (QED) is 0.820. The van der Waals surface area contributed by atoms with Crippen molar-refractivity contribution in [1.82, 2.24) is 9.88 Å². The number of carbonyl (C=O) groups excluding carboxylic acids is 1. The Hall–Kier alpha value is -1.37. The van der Waals surface area contributed by atoms with Crippen LogP contribution in [0.1, 0.15) is 18.4 Å². The van der Waals surface area contributed by atoms with Crippen molar-refractivity contribution >= 4 is 44.2 Å². The van der Waals surface area contributed by atoms with E-state index in [-0.39, 0.29) is 12.0 Å². The average Bonchev–Trinajstić information content (AvgIpc) is 3.27. The first-order chi connectivity index (χ1) is 11.6. The maximum atomic E-state index is 12.4. The number of aryl methyl sites for hydroxylation is 1. The van der Waals surface area contributed by atoms with E-state index < -0.39 is 0 Å². The molecule has 0 aliphatic carbocycles. The Balaban J connectivity index is 1.46. The lowest BCUT2D eigenvalue weighted by Gasteiger charge is -2.35. The Morgan fingerprint density at radius 3 is 2.83 bits per heavy atom. The molecule has 0 bridgehead atoms.